The minimum atomic E-state index is -2.23. The average Bonchev–Trinajstić information content (AvgIpc) is 2.29. The molecule has 0 radical (unpaired) electrons. The second-order valence-electron chi connectivity index (χ2n) is 2.38. The van der Waals surface area contributed by atoms with Gasteiger partial charge in [-0.25, -0.2) is 0 Å². The molecule has 13 heavy (non-hydrogen) atoms. The van der Waals surface area contributed by atoms with Crippen molar-refractivity contribution in [1.82, 2.24) is 4.98 Å². The van der Waals surface area contributed by atoms with Crippen LogP contribution in [-0.4, -0.2) is 16.9 Å². The molecule has 0 saturated carbocycles. The van der Waals surface area contributed by atoms with Crippen LogP contribution in [0.3, 0.4) is 0 Å². The number of fused-ring (bicyclic) bond motifs is 1. The molecule has 1 aliphatic rings. The van der Waals surface area contributed by atoms with Gasteiger partial charge in [0.05, 0.1) is 0 Å². The zero-order chi connectivity index (χ0) is 9.26. The molecule has 0 spiro atoms. The molecule has 0 N–H and O–H groups in total. The van der Waals surface area contributed by atoms with Crippen LogP contribution in [0.25, 0.3) is 0 Å². The van der Waals surface area contributed by atoms with Crippen molar-refractivity contribution in [2.24, 2.45) is 0 Å². The first-order valence-electron chi connectivity index (χ1n) is 3.58. The summed E-state index contributed by atoms with van der Waals surface area (Å²) in [7, 11) is 0. The van der Waals surface area contributed by atoms with Gasteiger partial charge >= 0.3 is 86.9 Å². The van der Waals surface area contributed by atoms with Crippen molar-refractivity contribution in [3.8, 4) is 0 Å². The summed E-state index contributed by atoms with van der Waals surface area (Å²) in [6.07, 6.45) is 1.44. The number of aromatic nitrogens is 1. The zero-order valence-electron chi connectivity index (χ0n) is 6.52. The quantitative estimate of drug-likeness (QED) is 0.620. The van der Waals surface area contributed by atoms with Crippen LogP contribution < -0.4 is 0 Å². The number of hydrogen-bond acceptors (Lipinski definition) is 5. The second kappa shape index (κ2) is 3.41. The van der Waals surface area contributed by atoms with Crippen molar-refractivity contribution in [1.29, 1.82) is 0 Å². The van der Waals surface area contributed by atoms with Gasteiger partial charge in [0, 0.05) is 0 Å². The Kier molecular flexibility index (Phi) is 2.26. The van der Waals surface area contributed by atoms with Gasteiger partial charge in [0.15, 0.2) is 0 Å². The molecule has 0 aromatic carbocycles. The Balaban J connectivity index is 2.57. The fourth-order valence-electron chi connectivity index (χ4n) is 1.02. The van der Waals surface area contributed by atoms with Gasteiger partial charge in [-0.15, -0.1) is 0 Å². The molecule has 6 heteroatoms. The summed E-state index contributed by atoms with van der Waals surface area (Å²) < 4.78 is 9.58. The molecule has 0 atom stereocenters. The number of pyridine rings is 1. The van der Waals surface area contributed by atoms with E-state index in [0.29, 0.717) is 0 Å². The average molecular weight is 366 g/mol. The normalized spacial score (nSPS) is 14.2. The summed E-state index contributed by atoms with van der Waals surface area (Å²) in [6.45, 7) is 0. The van der Waals surface area contributed by atoms with Crippen molar-refractivity contribution in [2.75, 3.05) is 0 Å². The molecule has 1 aromatic rings. The summed E-state index contributed by atoms with van der Waals surface area (Å²) in [6, 6.07) is 3.08. The van der Waals surface area contributed by atoms with E-state index in [1.54, 1.807) is 6.07 Å². The van der Waals surface area contributed by atoms with Crippen LogP contribution in [0.15, 0.2) is 18.3 Å². The van der Waals surface area contributed by atoms with Gasteiger partial charge in [0.25, 0.3) is 0 Å². The van der Waals surface area contributed by atoms with E-state index in [0.717, 1.165) is 0 Å². The van der Waals surface area contributed by atoms with Crippen LogP contribution in [0.4, 0.5) is 0 Å². The molecule has 0 fully saturated rings. The van der Waals surface area contributed by atoms with Crippen LogP contribution in [-0.2, 0) is 30.8 Å². The van der Waals surface area contributed by atoms with E-state index < -0.39 is 37.4 Å². The first-order valence-corrected chi connectivity index (χ1v) is 8.07. The van der Waals surface area contributed by atoms with Crippen molar-refractivity contribution < 1.29 is 40.4 Å². The Morgan fingerprint density at radius 2 is 2.00 bits per heavy atom. The Morgan fingerprint density at radius 1 is 1.23 bits per heavy atom. The Bertz CT molecular complexity index is 344. The van der Waals surface area contributed by atoms with Crippen LogP contribution in [0.5, 0.6) is 0 Å². The Morgan fingerprint density at radius 3 is 2.85 bits per heavy atom. The molecule has 2 heterocycles. The first-order chi connectivity index (χ1) is 6.29. The van der Waals surface area contributed by atoms with E-state index in [1.165, 1.54) is 12.3 Å². The fraction of sp³-hybridized carbons (Fsp3) is 0. The molecule has 0 saturated heterocycles. The van der Waals surface area contributed by atoms with Crippen LogP contribution >= 0.6 is 0 Å². The third-order valence-electron chi connectivity index (χ3n) is 1.60. The zero-order valence-corrected chi connectivity index (χ0v) is 12.0. The minimum absolute atomic E-state index is 0.0602. The summed E-state index contributed by atoms with van der Waals surface area (Å²) in [5.41, 5.74) is 0.259. The predicted octanol–water partition coefficient (Wildman–Crippen LogP) is 0.321. The Labute approximate surface area is 86.8 Å². The van der Waals surface area contributed by atoms with Crippen molar-refractivity contribution in [3.63, 3.8) is 0 Å². The van der Waals surface area contributed by atoms with E-state index in [2.05, 4.69) is 4.98 Å². The van der Waals surface area contributed by atoms with E-state index in [1.807, 2.05) is 0 Å². The summed E-state index contributed by atoms with van der Waals surface area (Å²) in [4.78, 5) is 26.2. The third-order valence-corrected chi connectivity index (χ3v) is 4.56. The summed E-state index contributed by atoms with van der Waals surface area (Å²) in [5.74, 6) is -1.03. The third kappa shape index (κ3) is 1.56. The molecule has 0 aliphatic carbocycles. The Hall–Kier alpha value is -0.975. The SMILES string of the molecule is O=C1[O][Hg][O]C(=O)c2ncccc21. The molecule has 0 amide bonds. The summed E-state index contributed by atoms with van der Waals surface area (Å²) in [5, 5.41) is 0. The predicted molar refractivity (Wildman–Crippen MR) is 35.1 cm³/mol. The van der Waals surface area contributed by atoms with E-state index in [4.69, 9.17) is 5.29 Å². The monoisotopic (exact) mass is 367 g/mol. The van der Waals surface area contributed by atoms with E-state index in [-0.39, 0.29) is 11.3 Å². The molecule has 5 nitrogen and oxygen atoms in total. The molecular weight excluding hydrogens is 363 g/mol. The number of nitrogens with zero attached hydrogens (tertiary/aromatic N) is 1. The maximum absolute atomic E-state index is 11.2. The second-order valence-corrected chi connectivity index (χ2v) is 5.54. The molecular formula is C7H3HgNO4. The first kappa shape index (κ1) is 8.62. The molecule has 2 rings (SSSR count). The molecule has 1 aliphatic heterocycles. The van der Waals surface area contributed by atoms with Gasteiger partial charge in [-0.05, 0) is 0 Å². The fourth-order valence-corrected chi connectivity index (χ4v) is 3.21. The number of carbonyl (C=O) groups is 2. The van der Waals surface area contributed by atoms with Gasteiger partial charge in [0.2, 0.25) is 0 Å². The topological polar surface area (TPSA) is 65.5 Å². The summed E-state index contributed by atoms with van der Waals surface area (Å²) >= 11 is -2.23. The van der Waals surface area contributed by atoms with Gasteiger partial charge in [-0.2, -0.15) is 0 Å². The van der Waals surface area contributed by atoms with Crippen LogP contribution in [0.2, 0.25) is 0 Å². The standard InChI is InChI=1S/C7H5NO4.Hg/c9-6(10)4-2-1-3-8-5(4)7(11)12;/h1-3H,(H,9,10)(H,11,12);/q;+2/p-2. The van der Waals surface area contributed by atoms with Crippen LogP contribution in [0.1, 0.15) is 20.8 Å². The number of hydrogen-bond donors (Lipinski definition) is 0. The van der Waals surface area contributed by atoms with Crippen molar-refractivity contribution >= 4 is 11.9 Å². The molecule has 62 valence electrons. The van der Waals surface area contributed by atoms with Gasteiger partial charge in [-0.1, -0.05) is 0 Å². The number of rotatable bonds is 0. The molecule has 1 aromatic heterocycles. The van der Waals surface area contributed by atoms with Gasteiger partial charge < -0.3 is 0 Å². The molecule has 0 unspecified atom stereocenters. The van der Waals surface area contributed by atoms with Crippen LogP contribution in [0, 0.1) is 0 Å². The van der Waals surface area contributed by atoms with Crippen molar-refractivity contribution in [3.05, 3.63) is 29.6 Å². The number of carbonyl (C=O) groups excluding carboxylic acids is 2. The van der Waals surface area contributed by atoms with E-state index >= 15 is 0 Å². The molecule has 0 bridgehead atoms. The van der Waals surface area contributed by atoms with Gasteiger partial charge in [0.1, 0.15) is 0 Å². The van der Waals surface area contributed by atoms with E-state index in [9.17, 15) is 9.59 Å². The maximum atomic E-state index is 11.2. The van der Waals surface area contributed by atoms with Crippen molar-refractivity contribution in [2.45, 2.75) is 0 Å². The van der Waals surface area contributed by atoms with Gasteiger partial charge in [-0.3, -0.25) is 0 Å².